The van der Waals surface area contributed by atoms with Crippen LogP contribution in [0.5, 0.6) is 0 Å². The summed E-state index contributed by atoms with van der Waals surface area (Å²) < 4.78 is 0. The second-order valence-corrected chi connectivity index (χ2v) is 6.66. The van der Waals surface area contributed by atoms with E-state index in [1.807, 2.05) is 0 Å². The van der Waals surface area contributed by atoms with Gasteiger partial charge in [-0.15, -0.1) is 35.3 Å². The van der Waals surface area contributed by atoms with Crippen LogP contribution in [-0.2, 0) is 6.42 Å². The predicted octanol–water partition coefficient (Wildman–Crippen LogP) is 3.08. The lowest BCUT2D eigenvalue weighted by Gasteiger charge is -2.18. The number of rotatable bonds is 7. The standard InChI is InChI=1S/C16H28N4S.HI/c17-16(19-10-8-15-7-5-14-21-15)18-9-6-13-20-11-3-1-2-4-12-20;/h5,7,14H,1-4,6,8-13H2,(H3,17,18,19);1H. The molecule has 4 nitrogen and oxygen atoms in total. The summed E-state index contributed by atoms with van der Waals surface area (Å²) in [5, 5.41) is 5.30. The Bertz CT molecular complexity index is 400. The zero-order chi connectivity index (χ0) is 14.8. The first-order chi connectivity index (χ1) is 10.3. The van der Waals surface area contributed by atoms with Crippen LogP contribution < -0.4 is 11.1 Å². The van der Waals surface area contributed by atoms with Crippen molar-refractivity contribution in [3.05, 3.63) is 22.4 Å². The van der Waals surface area contributed by atoms with Gasteiger partial charge in [-0.25, -0.2) is 0 Å². The molecule has 3 N–H and O–H groups in total. The Morgan fingerprint density at radius 3 is 2.73 bits per heavy atom. The number of hydrogen-bond donors (Lipinski definition) is 2. The number of guanidine groups is 1. The molecule has 0 unspecified atom stereocenters. The van der Waals surface area contributed by atoms with Gasteiger partial charge in [0.15, 0.2) is 5.96 Å². The van der Waals surface area contributed by atoms with E-state index in [1.165, 1.54) is 43.6 Å². The molecule has 0 radical (unpaired) electrons. The summed E-state index contributed by atoms with van der Waals surface area (Å²) in [6.07, 6.45) is 7.63. The number of likely N-dealkylation sites (tertiary alicyclic amines) is 1. The van der Waals surface area contributed by atoms with E-state index in [9.17, 15) is 0 Å². The lowest BCUT2D eigenvalue weighted by molar-refractivity contribution is 0.283. The lowest BCUT2D eigenvalue weighted by atomic mass is 10.2. The third kappa shape index (κ3) is 8.33. The van der Waals surface area contributed by atoms with Crippen molar-refractivity contribution in [1.29, 1.82) is 0 Å². The van der Waals surface area contributed by atoms with Gasteiger partial charge in [0.1, 0.15) is 0 Å². The molecule has 0 spiro atoms. The first-order valence-electron chi connectivity index (χ1n) is 8.13. The van der Waals surface area contributed by atoms with Crippen molar-refractivity contribution < 1.29 is 0 Å². The van der Waals surface area contributed by atoms with Crippen LogP contribution in [0.25, 0.3) is 0 Å². The summed E-state index contributed by atoms with van der Waals surface area (Å²) in [5.41, 5.74) is 5.89. The SMILES string of the molecule is I.NC(=NCCCN1CCCCCC1)NCCc1cccs1. The van der Waals surface area contributed by atoms with E-state index in [2.05, 4.69) is 32.7 Å². The molecule has 1 fully saturated rings. The third-order valence-electron chi connectivity index (χ3n) is 3.87. The van der Waals surface area contributed by atoms with Crippen molar-refractivity contribution in [3.63, 3.8) is 0 Å². The Hall–Kier alpha value is -0.340. The van der Waals surface area contributed by atoms with Gasteiger partial charge in [-0.05, 0) is 56.8 Å². The van der Waals surface area contributed by atoms with Gasteiger partial charge >= 0.3 is 0 Å². The Balaban J connectivity index is 0.00000242. The largest absolute Gasteiger partial charge is 0.370 e. The quantitative estimate of drug-likeness (QED) is 0.299. The normalized spacial score (nSPS) is 16.8. The molecule has 2 rings (SSSR count). The van der Waals surface area contributed by atoms with Gasteiger partial charge in [-0.2, -0.15) is 0 Å². The second-order valence-electron chi connectivity index (χ2n) is 5.63. The highest BCUT2D eigenvalue weighted by Gasteiger charge is 2.07. The van der Waals surface area contributed by atoms with Crippen LogP contribution in [0.15, 0.2) is 22.5 Å². The predicted molar refractivity (Wildman–Crippen MR) is 107 cm³/mol. The van der Waals surface area contributed by atoms with E-state index < -0.39 is 0 Å². The molecule has 126 valence electrons. The Labute approximate surface area is 155 Å². The number of halogens is 1. The van der Waals surface area contributed by atoms with E-state index in [-0.39, 0.29) is 24.0 Å². The molecule has 0 aliphatic carbocycles. The van der Waals surface area contributed by atoms with Crippen LogP contribution in [-0.4, -0.2) is 43.6 Å². The summed E-state index contributed by atoms with van der Waals surface area (Å²) in [4.78, 5) is 8.37. The van der Waals surface area contributed by atoms with Crippen molar-refractivity contribution in [2.75, 3.05) is 32.7 Å². The first kappa shape index (κ1) is 19.7. The van der Waals surface area contributed by atoms with Gasteiger partial charge in [-0.3, -0.25) is 4.99 Å². The second kappa shape index (κ2) is 12.1. The average molecular weight is 436 g/mol. The Morgan fingerprint density at radius 1 is 1.27 bits per heavy atom. The van der Waals surface area contributed by atoms with Crippen molar-refractivity contribution in [3.8, 4) is 0 Å². The fourth-order valence-electron chi connectivity index (χ4n) is 2.68. The van der Waals surface area contributed by atoms with Gasteiger partial charge in [-0.1, -0.05) is 18.9 Å². The number of nitrogens with two attached hydrogens (primary N) is 1. The van der Waals surface area contributed by atoms with Crippen LogP contribution in [0.3, 0.4) is 0 Å². The molecule has 1 saturated heterocycles. The molecule has 1 aromatic rings. The molecular weight excluding hydrogens is 407 g/mol. The van der Waals surface area contributed by atoms with Crippen molar-refractivity contribution in [2.24, 2.45) is 10.7 Å². The Kier molecular flexibility index (Phi) is 10.9. The minimum atomic E-state index is 0. The van der Waals surface area contributed by atoms with Gasteiger partial charge in [0.25, 0.3) is 0 Å². The number of nitrogens with one attached hydrogen (secondary N) is 1. The van der Waals surface area contributed by atoms with Crippen molar-refractivity contribution in [2.45, 2.75) is 38.5 Å². The maximum atomic E-state index is 5.89. The zero-order valence-corrected chi connectivity index (χ0v) is 16.4. The van der Waals surface area contributed by atoms with Gasteiger partial charge < -0.3 is 16.0 Å². The van der Waals surface area contributed by atoms with E-state index in [0.717, 1.165) is 32.5 Å². The molecule has 2 heterocycles. The molecule has 1 aromatic heterocycles. The average Bonchev–Trinajstić information content (AvgIpc) is 2.86. The highest BCUT2D eigenvalue weighted by atomic mass is 127. The summed E-state index contributed by atoms with van der Waals surface area (Å²) in [7, 11) is 0. The number of thiophene rings is 1. The fourth-order valence-corrected chi connectivity index (χ4v) is 3.39. The van der Waals surface area contributed by atoms with Gasteiger partial charge in [0.05, 0.1) is 0 Å². The molecule has 6 heteroatoms. The first-order valence-corrected chi connectivity index (χ1v) is 9.01. The van der Waals surface area contributed by atoms with Crippen LogP contribution >= 0.6 is 35.3 Å². The summed E-state index contributed by atoms with van der Waals surface area (Å²) in [5.74, 6) is 0.586. The Morgan fingerprint density at radius 2 is 2.05 bits per heavy atom. The zero-order valence-electron chi connectivity index (χ0n) is 13.3. The van der Waals surface area contributed by atoms with E-state index in [1.54, 1.807) is 11.3 Å². The maximum Gasteiger partial charge on any atom is 0.188 e. The van der Waals surface area contributed by atoms with Gasteiger partial charge in [0, 0.05) is 18.0 Å². The molecule has 22 heavy (non-hydrogen) atoms. The highest BCUT2D eigenvalue weighted by molar-refractivity contribution is 14.0. The van der Waals surface area contributed by atoms with Crippen LogP contribution in [0.4, 0.5) is 0 Å². The fraction of sp³-hybridized carbons (Fsp3) is 0.688. The number of aliphatic imine (C=N–C) groups is 1. The van der Waals surface area contributed by atoms with E-state index in [0.29, 0.717) is 5.96 Å². The molecule has 0 aromatic carbocycles. The summed E-state index contributed by atoms with van der Waals surface area (Å²) >= 11 is 1.79. The maximum absolute atomic E-state index is 5.89. The van der Waals surface area contributed by atoms with Crippen LogP contribution in [0.1, 0.15) is 37.0 Å². The third-order valence-corrected chi connectivity index (χ3v) is 4.81. The molecule has 1 aliphatic rings. The monoisotopic (exact) mass is 436 g/mol. The lowest BCUT2D eigenvalue weighted by Crippen LogP contribution is -2.33. The topological polar surface area (TPSA) is 53.6 Å². The summed E-state index contributed by atoms with van der Waals surface area (Å²) in [6.45, 7) is 5.37. The van der Waals surface area contributed by atoms with Crippen molar-refractivity contribution in [1.82, 2.24) is 10.2 Å². The minimum Gasteiger partial charge on any atom is -0.370 e. The molecule has 0 bridgehead atoms. The smallest absolute Gasteiger partial charge is 0.188 e. The summed E-state index contributed by atoms with van der Waals surface area (Å²) in [6, 6.07) is 4.24. The van der Waals surface area contributed by atoms with Crippen LogP contribution in [0, 0.1) is 0 Å². The molecule has 0 atom stereocenters. The van der Waals surface area contributed by atoms with E-state index in [4.69, 9.17) is 5.73 Å². The number of nitrogens with zero attached hydrogens (tertiary/aromatic N) is 2. The molecule has 0 amide bonds. The van der Waals surface area contributed by atoms with E-state index >= 15 is 0 Å². The molecule has 0 saturated carbocycles. The minimum absolute atomic E-state index is 0. The number of hydrogen-bond acceptors (Lipinski definition) is 3. The van der Waals surface area contributed by atoms with Crippen molar-refractivity contribution >= 4 is 41.3 Å². The van der Waals surface area contributed by atoms with Gasteiger partial charge in [0.2, 0.25) is 0 Å². The molecular formula is C16H29IN4S. The highest BCUT2D eigenvalue weighted by Crippen LogP contribution is 2.09. The molecule has 1 aliphatic heterocycles. The van der Waals surface area contributed by atoms with Crippen LogP contribution in [0.2, 0.25) is 0 Å².